The fourth-order valence-corrected chi connectivity index (χ4v) is 3.62. The molecule has 0 aliphatic carbocycles. The van der Waals surface area contributed by atoms with E-state index in [1.54, 1.807) is 4.90 Å². The summed E-state index contributed by atoms with van der Waals surface area (Å²) in [4.78, 5) is 27.8. The van der Waals surface area contributed by atoms with E-state index in [0.29, 0.717) is 18.7 Å². The Morgan fingerprint density at radius 3 is 2.35 bits per heavy atom. The quantitative estimate of drug-likeness (QED) is 0.594. The number of rotatable bonds is 10. The molecule has 5 nitrogen and oxygen atoms in total. The summed E-state index contributed by atoms with van der Waals surface area (Å²) in [5, 5.41) is 2.95. The normalized spacial score (nSPS) is 12.0. The van der Waals surface area contributed by atoms with E-state index in [1.165, 1.54) is 0 Å². The fourth-order valence-electron chi connectivity index (χ4n) is 3.62. The Bertz CT molecular complexity index is 876. The van der Waals surface area contributed by atoms with Crippen LogP contribution in [-0.4, -0.2) is 35.4 Å². The second-order valence-electron chi connectivity index (χ2n) is 8.58. The van der Waals surface area contributed by atoms with Crippen LogP contribution in [-0.2, 0) is 16.1 Å². The van der Waals surface area contributed by atoms with Gasteiger partial charge in [-0.1, -0.05) is 68.8 Å². The average Bonchev–Trinajstić information content (AvgIpc) is 2.71. The first-order chi connectivity index (χ1) is 14.7. The Morgan fingerprint density at radius 2 is 1.74 bits per heavy atom. The lowest BCUT2D eigenvalue weighted by Gasteiger charge is -2.31. The maximum Gasteiger partial charge on any atom is 0.261 e. The van der Waals surface area contributed by atoms with Crippen molar-refractivity contribution in [3.05, 3.63) is 65.2 Å². The second-order valence-corrected chi connectivity index (χ2v) is 8.58. The summed E-state index contributed by atoms with van der Waals surface area (Å²) in [6, 6.07) is 15.2. The molecule has 0 spiro atoms. The van der Waals surface area contributed by atoms with Crippen LogP contribution in [0.15, 0.2) is 48.5 Å². The lowest BCUT2D eigenvalue weighted by Crippen LogP contribution is -2.51. The van der Waals surface area contributed by atoms with Crippen LogP contribution in [0.3, 0.4) is 0 Å². The summed E-state index contributed by atoms with van der Waals surface area (Å²) in [6.07, 6.45) is 0.526. The number of hydrogen-bond acceptors (Lipinski definition) is 3. The van der Waals surface area contributed by atoms with E-state index in [-0.39, 0.29) is 30.4 Å². The van der Waals surface area contributed by atoms with E-state index in [1.807, 2.05) is 76.2 Å². The zero-order chi connectivity index (χ0) is 23.0. The molecule has 0 aliphatic heterocycles. The van der Waals surface area contributed by atoms with Crippen LogP contribution in [0.1, 0.15) is 63.6 Å². The van der Waals surface area contributed by atoms with Crippen LogP contribution >= 0.6 is 0 Å². The zero-order valence-corrected chi connectivity index (χ0v) is 19.6. The van der Waals surface area contributed by atoms with Gasteiger partial charge < -0.3 is 15.0 Å². The largest absolute Gasteiger partial charge is 0.483 e. The number of aryl methyl sites for hydroxylation is 1. The summed E-state index contributed by atoms with van der Waals surface area (Å²) in [6.45, 7) is 12.2. The molecule has 168 valence electrons. The van der Waals surface area contributed by atoms with Crippen LogP contribution < -0.4 is 10.1 Å². The molecular formula is C26H36N2O3. The van der Waals surface area contributed by atoms with Crippen molar-refractivity contribution in [2.75, 3.05) is 6.61 Å². The van der Waals surface area contributed by atoms with Gasteiger partial charge in [0.25, 0.3) is 5.91 Å². The molecule has 0 saturated carbocycles. The molecule has 1 atom stereocenters. The van der Waals surface area contributed by atoms with Gasteiger partial charge in [-0.2, -0.15) is 0 Å². The third-order valence-electron chi connectivity index (χ3n) is 5.14. The van der Waals surface area contributed by atoms with Crippen LogP contribution in [0, 0.1) is 6.92 Å². The Hall–Kier alpha value is -2.82. The predicted molar refractivity (Wildman–Crippen MR) is 125 cm³/mol. The van der Waals surface area contributed by atoms with E-state index in [2.05, 4.69) is 19.2 Å². The fraction of sp³-hybridized carbons (Fsp3) is 0.462. The van der Waals surface area contributed by atoms with Gasteiger partial charge in [-0.15, -0.1) is 0 Å². The maximum absolute atomic E-state index is 13.3. The van der Waals surface area contributed by atoms with Gasteiger partial charge in [0.1, 0.15) is 11.8 Å². The van der Waals surface area contributed by atoms with Crippen molar-refractivity contribution in [1.29, 1.82) is 0 Å². The maximum atomic E-state index is 13.3. The smallest absolute Gasteiger partial charge is 0.261 e. The van der Waals surface area contributed by atoms with Crippen molar-refractivity contribution in [3.8, 4) is 5.75 Å². The molecule has 31 heavy (non-hydrogen) atoms. The molecular weight excluding hydrogens is 388 g/mol. The van der Waals surface area contributed by atoms with Gasteiger partial charge in [0, 0.05) is 12.6 Å². The number of nitrogens with zero attached hydrogens (tertiary/aromatic N) is 1. The Balaban J connectivity index is 2.25. The number of amides is 2. The zero-order valence-electron chi connectivity index (χ0n) is 19.6. The topological polar surface area (TPSA) is 58.6 Å². The minimum absolute atomic E-state index is 0.00615. The average molecular weight is 425 g/mol. The van der Waals surface area contributed by atoms with Gasteiger partial charge in [-0.25, -0.2) is 0 Å². The molecule has 0 saturated heterocycles. The third kappa shape index (κ3) is 7.12. The molecule has 1 unspecified atom stereocenters. The lowest BCUT2D eigenvalue weighted by atomic mass is 10.0. The predicted octanol–water partition coefficient (Wildman–Crippen LogP) is 4.83. The van der Waals surface area contributed by atoms with E-state index >= 15 is 0 Å². The summed E-state index contributed by atoms with van der Waals surface area (Å²) in [7, 11) is 0. The van der Waals surface area contributed by atoms with Crippen LogP contribution in [0.25, 0.3) is 0 Å². The van der Waals surface area contributed by atoms with E-state index < -0.39 is 6.04 Å². The molecule has 0 aliphatic rings. The SMILES string of the molecule is CCC(C(=O)NC(C)C)N(Cc1cccc(C)c1)C(=O)COc1ccccc1C(C)C. The highest BCUT2D eigenvalue weighted by Gasteiger charge is 2.29. The van der Waals surface area contributed by atoms with Gasteiger partial charge in [0.2, 0.25) is 5.91 Å². The molecule has 0 bridgehead atoms. The van der Waals surface area contributed by atoms with E-state index in [9.17, 15) is 9.59 Å². The van der Waals surface area contributed by atoms with Gasteiger partial charge in [-0.05, 0) is 50.3 Å². The van der Waals surface area contributed by atoms with Crippen molar-refractivity contribution < 1.29 is 14.3 Å². The van der Waals surface area contributed by atoms with Crippen LogP contribution in [0.2, 0.25) is 0 Å². The lowest BCUT2D eigenvalue weighted by molar-refractivity contribution is -0.143. The number of benzene rings is 2. The summed E-state index contributed by atoms with van der Waals surface area (Å²) < 4.78 is 5.94. The highest BCUT2D eigenvalue weighted by atomic mass is 16.5. The monoisotopic (exact) mass is 424 g/mol. The van der Waals surface area contributed by atoms with Gasteiger partial charge in [0.15, 0.2) is 6.61 Å². The van der Waals surface area contributed by atoms with Crippen molar-refractivity contribution in [2.45, 2.75) is 72.5 Å². The van der Waals surface area contributed by atoms with Gasteiger partial charge >= 0.3 is 0 Å². The number of nitrogens with one attached hydrogen (secondary N) is 1. The van der Waals surface area contributed by atoms with Gasteiger partial charge in [-0.3, -0.25) is 9.59 Å². The molecule has 0 radical (unpaired) electrons. The number of carbonyl (C=O) groups is 2. The number of carbonyl (C=O) groups excluding carboxylic acids is 2. The second kappa shape index (κ2) is 11.5. The highest BCUT2D eigenvalue weighted by Crippen LogP contribution is 2.26. The van der Waals surface area contributed by atoms with E-state index in [4.69, 9.17) is 4.74 Å². The molecule has 0 heterocycles. The first-order valence-corrected chi connectivity index (χ1v) is 11.1. The van der Waals surface area contributed by atoms with Crippen LogP contribution in [0.4, 0.5) is 0 Å². The number of para-hydroxylation sites is 1. The van der Waals surface area contributed by atoms with E-state index in [0.717, 1.165) is 16.7 Å². The minimum atomic E-state index is -0.556. The Labute approximate surface area is 186 Å². The van der Waals surface area contributed by atoms with Crippen LogP contribution in [0.5, 0.6) is 5.75 Å². The number of hydrogen-bond donors (Lipinski definition) is 1. The molecule has 2 aromatic carbocycles. The molecule has 0 fully saturated rings. The number of ether oxygens (including phenoxy) is 1. The van der Waals surface area contributed by atoms with Gasteiger partial charge in [0.05, 0.1) is 0 Å². The first kappa shape index (κ1) is 24.4. The van der Waals surface area contributed by atoms with Crippen molar-refractivity contribution >= 4 is 11.8 Å². The minimum Gasteiger partial charge on any atom is -0.483 e. The summed E-state index contributed by atoms with van der Waals surface area (Å²) >= 11 is 0. The van der Waals surface area contributed by atoms with Crippen molar-refractivity contribution in [1.82, 2.24) is 10.2 Å². The summed E-state index contributed by atoms with van der Waals surface area (Å²) in [5.74, 6) is 0.655. The Kier molecular flexibility index (Phi) is 9.10. The Morgan fingerprint density at radius 1 is 1.03 bits per heavy atom. The third-order valence-corrected chi connectivity index (χ3v) is 5.14. The standard InChI is InChI=1S/C26H36N2O3/c1-7-23(26(30)27-19(4)5)28(16-21-12-10-11-20(6)15-21)25(29)17-31-24-14-9-8-13-22(24)18(2)3/h8-15,18-19,23H,7,16-17H2,1-6H3,(H,27,30). The first-order valence-electron chi connectivity index (χ1n) is 11.1. The molecule has 2 aromatic rings. The summed E-state index contributed by atoms with van der Waals surface area (Å²) in [5.41, 5.74) is 3.17. The molecule has 2 amide bonds. The highest BCUT2D eigenvalue weighted by molar-refractivity contribution is 5.88. The molecule has 2 rings (SSSR count). The van der Waals surface area contributed by atoms with Crippen molar-refractivity contribution in [3.63, 3.8) is 0 Å². The molecule has 0 aromatic heterocycles. The van der Waals surface area contributed by atoms with Crippen molar-refractivity contribution in [2.24, 2.45) is 0 Å². The molecule has 1 N–H and O–H groups in total. The molecule has 5 heteroatoms.